The van der Waals surface area contributed by atoms with Crippen LogP contribution < -0.4 is 5.32 Å². The van der Waals surface area contributed by atoms with Crippen LogP contribution in [0.25, 0.3) is 11.0 Å². The molecule has 1 aromatic heterocycles. The van der Waals surface area contributed by atoms with Crippen molar-refractivity contribution >= 4 is 16.9 Å². The van der Waals surface area contributed by atoms with Crippen molar-refractivity contribution in [2.24, 2.45) is 5.92 Å². The van der Waals surface area contributed by atoms with E-state index >= 15 is 0 Å². The molecule has 1 aliphatic heterocycles. The fraction of sp³-hybridized carbons (Fsp3) is 0.364. The number of benzene rings is 2. The summed E-state index contributed by atoms with van der Waals surface area (Å²) in [4.78, 5) is 17.2. The minimum absolute atomic E-state index is 0.0145. The van der Waals surface area contributed by atoms with Crippen LogP contribution in [0.3, 0.4) is 0 Å². The second-order valence-electron chi connectivity index (χ2n) is 7.33. The summed E-state index contributed by atoms with van der Waals surface area (Å²) < 4.78 is 2.30. The largest absolute Gasteiger partial charge is 0.352 e. The summed E-state index contributed by atoms with van der Waals surface area (Å²) >= 11 is 0. The highest BCUT2D eigenvalue weighted by atomic mass is 16.1. The molecule has 3 aromatic rings. The predicted molar refractivity (Wildman–Crippen MR) is 104 cm³/mol. The summed E-state index contributed by atoms with van der Waals surface area (Å²) in [5.74, 6) is 1.82. The highest BCUT2D eigenvalue weighted by Gasteiger charge is 2.19. The molecule has 0 saturated carbocycles. The molecule has 0 fully saturated rings. The lowest BCUT2D eigenvalue weighted by Gasteiger charge is -2.19. The summed E-state index contributed by atoms with van der Waals surface area (Å²) in [6, 6.07) is 16.3. The summed E-state index contributed by atoms with van der Waals surface area (Å²) in [7, 11) is 0. The molecule has 1 N–H and O–H groups in total. The van der Waals surface area contributed by atoms with Crippen LogP contribution in [0.1, 0.15) is 41.5 Å². The number of aryl methyl sites for hydroxylation is 2. The van der Waals surface area contributed by atoms with Crippen LogP contribution in [-0.2, 0) is 19.4 Å². The molecule has 134 valence electrons. The van der Waals surface area contributed by atoms with Crippen LogP contribution >= 0.6 is 0 Å². The number of nitrogens with one attached hydrogen (secondary N) is 1. The van der Waals surface area contributed by atoms with Crippen LogP contribution in [0.15, 0.2) is 48.5 Å². The molecule has 4 rings (SSSR count). The lowest BCUT2D eigenvalue weighted by molar-refractivity contribution is 0.0953. The second-order valence-corrected chi connectivity index (χ2v) is 7.33. The molecular weight excluding hydrogens is 322 g/mol. The maximum atomic E-state index is 12.4. The van der Waals surface area contributed by atoms with Gasteiger partial charge >= 0.3 is 0 Å². The Bertz CT molecular complexity index is 914. The number of amides is 1. The van der Waals surface area contributed by atoms with Crippen molar-refractivity contribution in [3.05, 3.63) is 65.5 Å². The van der Waals surface area contributed by atoms with Gasteiger partial charge in [-0.3, -0.25) is 4.79 Å². The van der Waals surface area contributed by atoms with E-state index < -0.39 is 0 Å². The van der Waals surface area contributed by atoms with Gasteiger partial charge < -0.3 is 9.88 Å². The maximum absolute atomic E-state index is 12.4. The molecule has 1 amide bonds. The van der Waals surface area contributed by atoms with Crippen molar-refractivity contribution in [2.45, 2.75) is 39.2 Å². The highest BCUT2D eigenvalue weighted by Crippen LogP contribution is 2.25. The summed E-state index contributed by atoms with van der Waals surface area (Å²) in [5.41, 5.74) is 4.08. The van der Waals surface area contributed by atoms with Crippen molar-refractivity contribution in [3.63, 3.8) is 0 Å². The number of rotatable bonds is 5. The van der Waals surface area contributed by atoms with Crippen LogP contribution in [0.4, 0.5) is 0 Å². The van der Waals surface area contributed by atoms with Gasteiger partial charge in [0, 0.05) is 25.1 Å². The molecule has 0 spiro atoms. The Morgan fingerprint density at radius 3 is 2.92 bits per heavy atom. The zero-order valence-corrected chi connectivity index (χ0v) is 15.2. The monoisotopic (exact) mass is 347 g/mol. The maximum Gasteiger partial charge on any atom is 0.251 e. The molecule has 0 bridgehead atoms. The van der Waals surface area contributed by atoms with E-state index in [1.807, 2.05) is 36.4 Å². The van der Waals surface area contributed by atoms with Gasteiger partial charge in [0.1, 0.15) is 5.82 Å². The van der Waals surface area contributed by atoms with E-state index in [4.69, 9.17) is 4.98 Å². The standard InChI is InChI=1S/C22H25N3O/c1-16-11-13-25-20-10-9-18(15-19(20)24-21(25)14-16)22(26)23-12-5-8-17-6-3-2-4-7-17/h2-4,6-7,9-10,15-16H,5,8,11-14H2,1H3,(H,23,26). The molecule has 4 heteroatoms. The normalized spacial score (nSPS) is 16.4. The van der Waals surface area contributed by atoms with Gasteiger partial charge in [0.05, 0.1) is 11.0 Å². The first-order valence-electron chi connectivity index (χ1n) is 9.52. The fourth-order valence-corrected chi connectivity index (χ4v) is 3.73. The summed E-state index contributed by atoms with van der Waals surface area (Å²) in [6.45, 7) is 3.98. The Balaban J connectivity index is 1.39. The van der Waals surface area contributed by atoms with Crippen LogP contribution in [0.5, 0.6) is 0 Å². The third-order valence-electron chi connectivity index (χ3n) is 5.24. The van der Waals surface area contributed by atoms with E-state index in [1.54, 1.807) is 0 Å². The van der Waals surface area contributed by atoms with E-state index in [0.29, 0.717) is 18.0 Å². The van der Waals surface area contributed by atoms with E-state index in [2.05, 4.69) is 28.9 Å². The predicted octanol–water partition coefficient (Wildman–Crippen LogP) is 3.98. The molecule has 26 heavy (non-hydrogen) atoms. The van der Waals surface area contributed by atoms with Crippen molar-refractivity contribution in [2.75, 3.05) is 6.54 Å². The number of nitrogens with zero attached hydrogens (tertiary/aromatic N) is 2. The quantitative estimate of drug-likeness (QED) is 0.710. The first-order chi connectivity index (χ1) is 12.7. The third-order valence-corrected chi connectivity index (χ3v) is 5.24. The number of aromatic nitrogens is 2. The Hall–Kier alpha value is -2.62. The van der Waals surface area contributed by atoms with Crippen molar-refractivity contribution in [1.82, 2.24) is 14.9 Å². The number of hydrogen-bond acceptors (Lipinski definition) is 2. The molecule has 2 aromatic carbocycles. The number of carbonyl (C=O) groups excluding carboxylic acids is 1. The SMILES string of the molecule is CC1CCn2c(nc3cc(C(=O)NCCCc4ccccc4)ccc32)C1. The molecule has 0 aliphatic carbocycles. The first-order valence-corrected chi connectivity index (χ1v) is 9.52. The molecular formula is C22H25N3O. The zero-order chi connectivity index (χ0) is 17.9. The van der Waals surface area contributed by atoms with Gasteiger partial charge in [-0.05, 0) is 48.9 Å². The third kappa shape index (κ3) is 3.50. The number of carbonyl (C=O) groups is 1. The van der Waals surface area contributed by atoms with Gasteiger partial charge in [-0.15, -0.1) is 0 Å². The topological polar surface area (TPSA) is 46.9 Å². The van der Waals surface area contributed by atoms with Gasteiger partial charge in [-0.2, -0.15) is 0 Å². The average molecular weight is 347 g/mol. The minimum Gasteiger partial charge on any atom is -0.352 e. The average Bonchev–Trinajstić information content (AvgIpc) is 3.02. The summed E-state index contributed by atoms with van der Waals surface area (Å²) in [6.07, 6.45) is 4.14. The van der Waals surface area contributed by atoms with Gasteiger partial charge in [-0.1, -0.05) is 37.3 Å². The molecule has 1 unspecified atom stereocenters. The molecule has 0 radical (unpaired) electrons. The Labute approximate surface area is 154 Å². The molecule has 4 nitrogen and oxygen atoms in total. The van der Waals surface area contributed by atoms with Crippen LogP contribution in [0.2, 0.25) is 0 Å². The van der Waals surface area contributed by atoms with Crippen molar-refractivity contribution in [3.8, 4) is 0 Å². The number of imidazole rings is 1. The van der Waals surface area contributed by atoms with Gasteiger partial charge in [-0.25, -0.2) is 4.98 Å². The molecule has 2 heterocycles. The molecule has 0 saturated heterocycles. The van der Waals surface area contributed by atoms with E-state index in [9.17, 15) is 4.79 Å². The van der Waals surface area contributed by atoms with Crippen LogP contribution in [-0.4, -0.2) is 22.0 Å². The van der Waals surface area contributed by atoms with Gasteiger partial charge in [0.25, 0.3) is 5.91 Å². The zero-order valence-electron chi connectivity index (χ0n) is 15.2. The van der Waals surface area contributed by atoms with E-state index in [-0.39, 0.29) is 5.91 Å². The smallest absolute Gasteiger partial charge is 0.251 e. The molecule has 1 aliphatic rings. The molecule has 1 atom stereocenters. The Morgan fingerprint density at radius 1 is 1.23 bits per heavy atom. The van der Waals surface area contributed by atoms with Crippen molar-refractivity contribution < 1.29 is 4.79 Å². The number of fused-ring (bicyclic) bond motifs is 3. The Kier molecular flexibility index (Phi) is 4.74. The lowest BCUT2D eigenvalue weighted by Crippen LogP contribution is -2.24. The second kappa shape index (κ2) is 7.32. The van der Waals surface area contributed by atoms with Crippen molar-refractivity contribution in [1.29, 1.82) is 0 Å². The lowest BCUT2D eigenvalue weighted by atomic mass is 10.0. The minimum atomic E-state index is -0.0145. The van der Waals surface area contributed by atoms with E-state index in [1.165, 1.54) is 12.0 Å². The van der Waals surface area contributed by atoms with Gasteiger partial charge in [0.15, 0.2) is 0 Å². The van der Waals surface area contributed by atoms with Gasteiger partial charge in [0.2, 0.25) is 0 Å². The number of hydrogen-bond donors (Lipinski definition) is 1. The van der Waals surface area contributed by atoms with Crippen LogP contribution in [0, 0.1) is 5.92 Å². The first kappa shape index (κ1) is 16.8. The van der Waals surface area contributed by atoms with E-state index in [0.717, 1.165) is 42.7 Å². The summed E-state index contributed by atoms with van der Waals surface area (Å²) in [5, 5.41) is 3.03. The Morgan fingerprint density at radius 2 is 2.08 bits per heavy atom. The highest BCUT2D eigenvalue weighted by molar-refractivity contribution is 5.97. The fourth-order valence-electron chi connectivity index (χ4n) is 3.73.